The fourth-order valence-corrected chi connectivity index (χ4v) is 3.56. The highest BCUT2D eigenvalue weighted by Gasteiger charge is 2.37. The molecule has 152 valence electrons. The van der Waals surface area contributed by atoms with Crippen LogP contribution >= 0.6 is 11.8 Å². The van der Waals surface area contributed by atoms with Crippen molar-refractivity contribution in [2.45, 2.75) is 43.5 Å². The average molecular weight is 409 g/mol. The lowest BCUT2D eigenvalue weighted by molar-refractivity contribution is -0.113. The molecule has 0 spiro atoms. The quantitative estimate of drug-likeness (QED) is 0.696. The first-order valence-corrected chi connectivity index (χ1v) is 9.81. The zero-order valence-electron chi connectivity index (χ0n) is 15.9. The molecular weight excluding hydrogens is 386 g/mol. The summed E-state index contributed by atoms with van der Waals surface area (Å²) >= 11 is 1.43. The molecule has 2 heterocycles. The number of nitrogens with zero attached hydrogens (tertiary/aromatic N) is 1. The van der Waals surface area contributed by atoms with Crippen LogP contribution in [0.1, 0.15) is 20.8 Å². The number of fused-ring (bicyclic) bond motifs is 1. The molecule has 1 saturated heterocycles. The summed E-state index contributed by atoms with van der Waals surface area (Å²) in [5, 5.41) is 15.5. The predicted octanol–water partition coefficient (Wildman–Crippen LogP) is 1.94. The summed E-state index contributed by atoms with van der Waals surface area (Å²) in [4.78, 5) is 37.8. The average Bonchev–Trinajstić information content (AvgIpc) is 2.99. The van der Waals surface area contributed by atoms with Crippen molar-refractivity contribution in [3.8, 4) is 0 Å². The third-order valence-corrected chi connectivity index (χ3v) is 5.10. The van der Waals surface area contributed by atoms with E-state index in [4.69, 9.17) is 9.47 Å². The van der Waals surface area contributed by atoms with Gasteiger partial charge in [-0.2, -0.15) is 0 Å². The molecular formula is C18H23N3O6S. The van der Waals surface area contributed by atoms with E-state index in [1.165, 1.54) is 16.7 Å². The second-order valence-electron chi connectivity index (χ2n) is 7.50. The number of ether oxygens (including phenoxy) is 2. The molecule has 2 aliphatic heterocycles. The summed E-state index contributed by atoms with van der Waals surface area (Å²) in [5.74, 6) is 0.261. The molecule has 0 radical (unpaired) electrons. The van der Waals surface area contributed by atoms with E-state index in [0.29, 0.717) is 17.1 Å². The van der Waals surface area contributed by atoms with Crippen LogP contribution < -0.4 is 15.5 Å². The summed E-state index contributed by atoms with van der Waals surface area (Å²) in [5.41, 5.74) is 0.551. The van der Waals surface area contributed by atoms with E-state index in [2.05, 4.69) is 10.6 Å². The van der Waals surface area contributed by atoms with Gasteiger partial charge in [-0.15, -0.1) is 11.8 Å². The number of carbonyl (C=O) groups excluding carboxylic acids is 3. The number of anilines is 2. The SMILES string of the molecule is CC(C)(C)OC(=O)NCC(O)C1CN(c2ccc3c(c2)NC(=O)CS3)C(=O)O1. The Morgan fingerprint density at radius 2 is 2.21 bits per heavy atom. The van der Waals surface area contributed by atoms with Gasteiger partial charge in [-0.25, -0.2) is 9.59 Å². The third-order valence-electron chi connectivity index (χ3n) is 4.03. The van der Waals surface area contributed by atoms with Crippen molar-refractivity contribution in [1.82, 2.24) is 5.32 Å². The van der Waals surface area contributed by atoms with E-state index in [1.54, 1.807) is 32.9 Å². The number of hydrogen-bond acceptors (Lipinski definition) is 7. The van der Waals surface area contributed by atoms with Crippen molar-refractivity contribution >= 4 is 41.2 Å². The number of nitrogens with one attached hydrogen (secondary N) is 2. The lowest BCUT2D eigenvalue weighted by Gasteiger charge is -2.22. The highest BCUT2D eigenvalue weighted by Crippen LogP contribution is 2.35. The zero-order chi connectivity index (χ0) is 20.5. The van der Waals surface area contributed by atoms with E-state index in [9.17, 15) is 19.5 Å². The first-order chi connectivity index (χ1) is 13.1. The summed E-state index contributed by atoms with van der Waals surface area (Å²) in [6, 6.07) is 5.29. The van der Waals surface area contributed by atoms with Crippen LogP contribution in [0, 0.1) is 0 Å². The lowest BCUT2D eigenvalue weighted by Crippen LogP contribution is -2.42. The molecule has 0 saturated carbocycles. The molecule has 1 aromatic carbocycles. The molecule has 0 bridgehead atoms. The molecule has 3 rings (SSSR count). The molecule has 1 aromatic rings. The molecule has 3 N–H and O–H groups in total. The molecule has 2 aliphatic rings. The molecule has 2 unspecified atom stereocenters. The molecule has 10 heteroatoms. The van der Waals surface area contributed by atoms with Gasteiger partial charge in [0.1, 0.15) is 17.8 Å². The highest BCUT2D eigenvalue weighted by molar-refractivity contribution is 8.00. The van der Waals surface area contributed by atoms with E-state index in [-0.39, 0.29) is 19.0 Å². The molecule has 3 amide bonds. The van der Waals surface area contributed by atoms with Crippen molar-refractivity contribution in [2.24, 2.45) is 0 Å². The number of thioether (sulfide) groups is 1. The normalized spacial score (nSPS) is 20.1. The largest absolute Gasteiger partial charge is 0.444 e. The van der Waals surface area contributed by atoms with Crippen LogP contribution in [0.5, 0.6) is 0 Å². The number of aliphatic hydroxyl groups excluding tert-OH is 1. The van der Waals surface area contributed by atoms with Gasteiger partial charge >= 0.3 is 12.2 Å². The van der Waals surface area contributed by atoms with Gasteiger partial charge in [-0.3, -0.25) is 9.69 Å². The van der Waals surface area contributed by atoms with Gasteiger partial charge < -0.3 is 25.2 Å². The number of hydrogen-bond donors (Lipinski definition) is 3. The maximum Gasteiger partial charge on any atom is 0.414 e. The van der Waals surface area contributed by atoms with Crippen LogP contribution in [0.15, 0.2) is 23.1 Å². The van der Waals surface area contributed by atoms with Crippen LogP contribution in [-0.2, 0) is 14.3 Å². The van der Waals surface area contributed by atoms with Crippen molar-refractivity contribution in [3.63, 3.8) is 0 Å². The Morgan fingerprint density at radius 3 is 2.93 bits per heavy atom. The van der Waals surface area contributed by atoms with E-state index in [1.807, 2.05) is 6.07 Å². The van der Waals surface area contributed by atoms with Gasteiger partial charge in [-0.1, -0.05) is 0 Å². The van der Waals surface area contributed by atoms with Crippen LogP contribution in [-0.4, -0.2) is 59.9 Å². The van der Waals surface area contributed by atoms with Gasteiger partial charge in [0.25, 0.3) is 0 Å². The van der Waals surface area contributed by atoms with Gasteiger partial charge in [0.15, 0.2) is 0 Å². The first-order valence-electron chi connectivity index (χ1n) is 8.82. The number of cyclic esters (lactones) is 1. The molecule has 0 aromatic heterocycles. The van der Waals surface area contributed by atoms with Gasteiger partial charge in [-0.05, 0) is 39.0 Å². The Labute approximate surface area is 166 Å². The minimum atomic E-state index is -1.09. The number of carbonyl (C=O) groups is 3. The Bertz CT molecular complexity index is 794. The third kappa shape index (κ3) is 4.87. The van der Waals surface area contributed by atoms with Crippen LogP contribution in [0.4, 0.5) is 21.0 Å². The number of aliphatic hydroxyl groups is 1. The Hall–Kier alpha value is -2.46. The molecule has 2 atom stereocenters. The van der Waals surface area contributed by atoms with Gasteiger partial charge in [0.05, 0.1) is 24.5 Å². The zero-order valence-corrected chi connectivity index (χ0v) is 16.7. The second-order valence-corrected chi connectivity index (χ2v) is 8.52. The first kappa shape index (κ1) is 20.3. The topological polar surface area (TPSA) is 117 Å². The summed E-state index contributed by atoms with van der Waals surface area (Å²) in [6.07, 6.45) is -3.15. The number of alkyl carbamates (subject to hydrolysis) is 1. The summed E-state index contributed by atoms with van der Waals surface area (Å²) < 4.78 is 10.3. The Morgan fingerprint density at radius 1 is 1.46 bits per heavy atom. The van der Waals surface area contributed by atoms with Gasteiger partial charge in [0, 0.05) is 10.6 Å². The maximum absolute atomic E-state index is 12.2. The summed E-state index contributed by atoms with van der Waals surface area (Å²) in [6.45, 7) is 5.21. The van der Waals surface area contributed by atoms with E-state index >= 15 is 0 Å². The highest BCUT2D eigenvalue weighted by atomic mass is 32.2. The van der Waals surface area contributed by atoms with Crippen molar-refractivity contribution in [1.29, 1.82) is 0 Å². The lowest BCUT2D eigenvalue weighted by atomic mass is 10.2. The van der Waals surface area contributed by atoms with E-state index < -0.39 is 30.0 Å². The van der Waals surface area contributed by atoms with Crippen molar-refractivity contribution < 1.29 is 29.0 Å². The molecule has 0 aliphatic carbocycles. The number of benzene rings is 1. The summed E-state index contributed by atoms with van der Waals surface area (Å²) in [7, 11) is 0. The fourth-order valence-electron chi connectivity index (χ4n) is 2.77. The Kier molecular flexibility index (Phi) is 5.71. The van der Waals surface area contributed by atoms with Crippen LogP contribution in [0.2, 0.25) is 0 Å². The molecule has 28 heavy (non-hydrogen) atoms. The minimum Gasteiger partial charge on any atom is -0.444 e. The molecule has 1 fully saturated rings. The van der Waals surface area contributed by atoms with Crippen LogP contribution in [0.25, 0.3) is 0 Å². The Balaban J connectivity index is 1.60. The molecule has 9 nitrogen and oxygen atoms in total. The standard InChI is InChI=1S/C18H23N3O6S/c1-18(2,3)27-16(24)19-7-12(22)13-8-21(17(25)26-13)10-4-5-14-11(6-10)20-15(23)9-28-14/h4-6,12-13,22H,7-9H2,1-3H3,(H,19,24)(H,20,23). The van der Waals surface area contributed by atoms with E-state index in [0.717, 1.165) is 4.90 Å². The predicted molar refractivity (Wildman–Crippen MR) is 104 cm³/mol. The van der Waals surface area contributed by atoms with Crippen molar-refractivity contribution in [2.75, 3.05) is 29.1 Å². The van der Waals surface area contributed by atoms with Crippen LogP contribution in [0.3, 0.4) is 0 Å². The maximum atomic E-state index is 12.2. The second kappa shape index (κ2) is 7.88. The fraction of sp³-hybridized carbons (Fsp3) is 0.500. The monoisotopic (exact) mass is 409 g/mol. The number of rotatable bonds is 4. The minimum absolute atomic E-state index is 0.0971. The number of amides is 3. The smallest absolute Gasteiger partial charge is 0.414 e. The van der Waals surface area contributed by atoms with Crippen molar-refractivity contribution in [3.05, 3.63) is 18.2 Å². The van der Waals surface area contributed by atoms with Gasteiger partial charge in [0.2, 0.25) is 5.91 Å².